The van der Waals surface area contributed by atoms with Crippen molar-refractivity contribution in [3.63, 3.8) is 0 Å². The molecule has 0 aliphatic rings. The van der Waals surface area contributed by atoms with Crippen LogP contribution in [0.1, 0.15) is 19.0 Å². The van der Waals surface area contributed by atoms with Gasteiger partial charge in [0, 0.05) is 19.0 Å². The topological polar surface area (TPSA) is 124 Å². The zero-order chi connectivity index (χ0) is 14.3. The van der Waals surface area contributed by atoms with E-state index < -0.39 is 17.9 Å². The minimum absolute atomic E-state index is 0.0757. The summed E-state index contributed by atoms with van der Waals surface area (Å²) >= 11 is 0. The van der Waals surface area contributed by atoms with Crippen LogP contribution >= 0.6 is 0 Å². The molecular weight excluding hydrogens is 252 g/mol. The molecule has 0 saturated heterocycles. The van der Waals surface area contributed by atoms with Gasteiger partial charge in [0.05, 0.1) is 18.6 Å². The molecule has 0 aliphatic heterocycles. The number of H-pyrrole nitrogens is 1. The van der Waals surface area contributed by atoms with E-state index in [9.17, 15) is 14.4 Å². The summed E-state index contributed by atoms with van der Waals surface area (Å²) in [6, 6.07) is -1.07. The third kappa shape index (κ3) is 5.19. The van der Waals surface area contributed by atoms with E-state index in [0.29, 0.717) is 5.69 Å². The van der Waals surface area contributed by atoms with E-state index in [1.165, 1.54) is 6.33 Å². The SMILES string of the molecule is CCC(=O)NCC(=O)NC(Cc1c[nH]cn1)C(=O)O. The van der Waals surface area contributed by atoms with E-state index in [4.69, 9.17) is 5.11 Å². The summed E-state index contributed by atoms with van der Waals surface area (Å²) in [6.07, 6.45) is 3.33. The number of imidazole rings is 1. The third-order valence-corrected chi connectivity index (χ3v) is 2.37. The van der Waals surface area contributed by atoms with Crippen LogP contribution in [0, 0.1) is 0 Å². The fourth-order valence-electron chi connectivity index (χ4n) is 1.36. The number of carboxylic acid groups (broad SMARTS) is 1. The number of carboxylic acids is 1. The number of nitrogens with one attached hydrogen (secondary N) is 3. The third-order valence-electron chi connectivity index (χ3n) is 2.37. The number of carbonyl (C=O) groups excluding carboxylic acids is 2. The summed E-state index contributed by atoms with van der Waals surface area (Å²) in [7, 11) is 0. The molecule has 1 rings (SSSR count). The lowest BCUT2D eigenvalue weighted by molar-refractivity contribution is -0.141. The maximum Gasteiger partial charge on any atom is 0.326 e. The molecule has 0 saturated carbocycles. The molecule has 19 heavy (non-hydrogen) atoms. The van der Waals surface area contributed by atoms with Crippen molar-refractivity contribution in [2.45, 2.75) is 25.8 Å². The van der Waals surface area contributed by atoms with Crippen LogP contribution in [-0.4, -0.2) is 45.4 Å². The molecule has 4 N–H and O–H groups in total. The molecule has 8 nitrogen and oxygen atoms in total. The average Bonchev–Trinajstić information content (AvgIpc) is 2.87. The van der Waals surface area contributed by atoms with E-state index >= 15 is 0 Å². The molecule has 1 unspecified atom stereocenters. The van der Waals surface area contributed by atoms with Gasteiger partial charge in [-0.1, -0.05) is 6.92 Å². The van der Waals surface area contributed by atoms with Crippen LogP contribution in [0.5, 0.6) is 0 Å². The van der Waals surface area contributed by atoms with Gasteiger partial charge in [-0.3, -0.25) is 9.59 Å². The summed E-state index contributed by atoms with van der Waals surface area (Å²) in [6.45, 7) is 1.42. The lowest BCUT2D eigenvalue weighted by Gasteiger charge is -2.13. The second-order valence-corrected chi connectivity index (χ2v) is 3.85. The molecule has 2 amide bonds. The molecule has 0 aromatic carbocycles. The van der Waals surface area contributed by atoms with Crippen LogP contribution in [0.4, 0.5) is 0 Å². The fraction of sp³-hybridized carbons (Fsp3) is 0.455. The van der Waals surface area contributed by atoms with Gasteiger partial charge in [0.2, 0.25) is 11.8 Å². The first-order chi connectivity index (χ1) is 9.02. The molecule has 0 radical (unpaired) electrons. The van der Waals surface area contributed by atoms with E-state index in [1.807, 2.05) is 0 Å². The smallest absolute Gasteiger partial charge is 0.326 e. The monoisotopic (exact) mass is 268 g/mol. The highest BCUT2D eigenvalue weighted by atomic mass is 16.4. The summed E-state index contributed by atoms with van der Waals surface area (Å²) in [5.74, 6) is -1.97. The van der Waals surface area contributed by atoms with Gasteiger partial charge in [-0.2, -0.15) is 0 Å². The molecule has 1 aromatic heterocycles. The minimum atomic E-state index is -1.15. The average molecular weight is 268 g/mol. The van der Waals surface area contributed by atoms with Crippen LogP contribution < -0.4 is 10.6 Å². The first-order valence-electron chi connectivity index (χ1n) is 5.79. The van der Waals surface area contributed by atoms with E-state index in [1.54, 1.807) is 13.1 Å². The Kier molecular flexibility index (Phi) is 5.52. The number of aromatic nitrogens is 2. The molecule has 104 valence electrons. The standard InChI is InChI=1S/C11H16N4O4/c1-2-9(16)13-5-10(17)15-8(11(18)19)3-7-4-12-6-14-7/h4,6,8H,2-3,5H2,1H3,(H,12,14)(H,13,16)(H,15,17)(H,18,19). The van der Waals surface area contributed by atoms with Crippen molar-refractivity contribution in [1.82, 2.24) is 20.6 Å². The molecule has 1 heterocycles. The van der Waals surface area contributed by atoms with Gasteiger partial charge in [0.15, 0.2) is 0 Å². The van der Waals surface area contributed by atoms with Crippen molar-refractivity contribution in [2.24, 2.45) is 0 Å². The Morgan fingerprint density at radius 1 is 1.42 bits per heavy atom. The first kappa shape index (κ1) is 14.7. The second kappa shape index (κ2) is 7.14. The van der Waals surface area contributed by atoms with Crippen molar-refractivity contribution in [3.05, 3.63) is 18.2 Å². The zero-order valence-corrected chi connectivity index (χ0v) is 10.5. The molecular formula is C11H16N4O4. The maximum atomic E-state index is 11.5. The molecule has 0 aliphatic carbocycles. The largest absolute Gasteiger partial charge is 0.480 e. The Morgan fingerprint density at radius 3 is 2.68 bits per heavy atom. The van der Waals surface area contributed by atoms with Gasteiger partial charge in [-0.15, -0.1) is 0 Å². The van der Waals surface area contributed by atoms with Crippen LogP contribution in [0.15, 0.2) is 12.5 Å². The summed E-state index contributed by atoms with van der Waals surface area (Å²) < 4.78 is 0. The number of rotatable bonds is 7. The number of hydrogen-bond donors (Lipinski definition) is 4. The first-order valence-corrected chi connectivity index (χ1v) is 5.79. The van der Waals surface area contributed by atoms with E-state index in [2.05, 4.69) is 20.6 Å². The predicted octanol–water partition coefficient (Wildman–Crippen LogP) is -0.952. The molecule has 8 heteroatoms. The highest BCUT2D eigenvalue weighted by Crippen LogP contribution is 1.98. The van der Waals surface area contributed by atoms with Gasteiger partial charge < -0.3 is 20.7 Å². The number of aliphatic carboxylic acids is 1. The predicted molar refractivity (Wildman–Crippen MR) is 65.2 cm³/mol. The van der Waals surface area contributed by atoms with Crippen LogP contribution in [0.25, 0.3) is 0 Å². The highest BCUT2D eigenvalue weighted by molar-refractivity contribution is 5.87. The summed E-state index contributed by atoms with van der Waals surface area (Å²) in [5.41, 5.74) is 0.533. The van der Waals surface area contributed by atoms with Crippen LogP contribution in [-0.2, 0) is 20.8 Å². The number of amides is 2. The Labute approximate surface area is 109 Å². The quantitative estimate of drug-likeness (QED) is 0.507. The van der Waals surface area contributed by atoms with Gasteiger partial charge >= 0.3 is 5.97 Å². The molecule has 1 aromatic rings. The molecule has 0 fully saturated rings. The number of carbonyl (C=O) groups is 3. The normalized spacial score (nSPS) is 11.6. The number of hydrogen-bond acceptors (Lipinski definition) is 4. The van der Waals surface area contributed by atoms with Crippen molar-refractivity contribution >= 4 is 17.8 Å². The van der Waals surface area contributed by atoms with Gasteiger partial charge in [0.1, 0.15) is 6.04 Å². The lowest BCUT2D eigenvalue weighted by atomic mass is 10.1. The van der Waals surface area contributed by atoms with Gasteiger partial charge in [0.25, 0.3) is 0 Å². The molecule has 1 atom stereocenters. The Balaban J connectivity index is 2.47. The van der Waals surface area contributed by atoms with Crippen molar-refractivity contribution in [2.75, 3.05) is 6.54 Å². The minimum Gasteiger partial charge on any atom is -0.480 e. The van der Waals surface area contributed by atoms with Crippen LogP contribution in [0.2, 0.25) is 0 Å². The molecule has 0 spiro atoms. The summed E-state index contributed by atoms with van der Waals surface area (Å²) in [5, 5.41) is 13.7. The Hall–Kier alpha value is -2.38. The maximum absolute atomic E-state index is 11.5. The van der Waals surface area contributed by atoms with Crippen molar-refractivity contribution < 1.29 is 19.5 Å². The second-order valence-electron chi connectivity index (χ2n) is 3.85. The van der Waals surface area contributed by atoms with E-state index in [0.717, 1.165) is 0 Å². The molecule has 0 bridgehead atoms. The Morgan fingerprint density at radius 2 is 2.16 bits per heavy atom. The van der Waals surface area contributed by atoms with E-state index in [-0.39, 0.29) is 25.3 Å². The Bertz CT molecular complexity index is 444. The van der Waals surface area contributed by atoms with Gasteiger partial charge in [-0.05, 0) is 0 Å². The van der Waals surface area contributed by atoms with Crippen molar-refractivity contribution in [3.8, 4) is 0 Å². The van der Waals surface area contributed by atoms with Crippen molar-refractivity contribution in [1.29, 1.82) is 0 Å². The fourth-order valence-corrected chi connectivity index (χ4v) is 1.36. The number of aromatic amines is 1. The zero-order valence-electron chi connectivity index (χ0n) is 10.5. The summed E-state index contributed by atoms with van der Waals surface area (Å²) in [4.78, 5) is 40.1. The lowest BCUT2D eigenvalue weighted by Crippen LogP contribution is -2.46. The van der Waals surface area contributed by atoms with Crippen LogP contribution in [0.3, 0.4) is 0 Å². The number of nitrogens with zero attached hydrogens (tertiary/aromatic N) is 1. The van der Waals surface area contributed by atoms with Gasteiger partial charge in [-0.25, -0.2) is 9.78 Å². The highest BCUT2D eigenvalue weighted by Gasteiger charge is 2.21.